The first-order chi connectivity index (χ1) is 7.63. The Labute approximate surface area is 93.9 Å². The SMILES string of the molecule is Cc1c(N)nn(C)c1-c1ccc(C#N)cc1. The third-order valence-electron chi connectivity index (χ3n) is 2.61. The van der Waals surface area contributed by atoms with Crippen LogP contribution in [0.3, 0.4) is 0 Å². The molecule has 0 spiro atoms. The fourth-order valence-corrected chi connectivity index (χ4v) is 1.76. The van der Waals surface area contributed by atoms with Crippen molar-refractivity contribution >= 4 is 5.82 Å². The van der Waals surface area contributed by atoms with Crippen LogP contribution >= 0.6 is 0 Å². The highest BCUT2D eigenvalue weighted by molar-refractivity contribution is 5.68. The summed E-state index contributed by atoms with van der Waals surface area (Å²) < 4.78 is 1.76. The van der Waals surface area contributed by atoms with Crippen LogP contribution in [0.2, 0.25) is 0 Å². The molecular weight excluding hydrogens is 200 g/mol. The maximum absolute atomic E-state index is 8.72. The smallest absolute Gasteiger partial charge is 0.148 e. The third-order valence-corrected chi connectivity index (χ3v) is 2.61. The second kappa shape index (κ2) is 3.70. The fraction of sp³-hybridized carbons (Fsp3) is 0.167. The normalized spacial score (nSPS) is 10.1. The van der Waals surface area contributed by atoms with E-state index >= 15 is 0 Å². The number of aryl methyl sites for hydroxylation is 1. The van der Waals surface area contributed by atoms with Gasteiger partial charge in [0.05, 0.1) is 17.3 Å². The molecule has 2 N–H and O–H groups in total. The summed E-state index contributed by atoms with van der Waals surface area (Å²) >= 11 is 0. The second-order valence-electron chi connectivity index (χ2n) is 3.67. The third kappa shape index (κ3) is 1.52. The maximum Gasteiger partial charge on any atom is 0.148 e. The first-order valence-electron chi connectivity index (χ1n) is 4.93. The van der Waals surface area contributed by atoms with E-state index in [0.717, 1.165) is 16.8 Å². The topological polar surface area (TPSA) is 67.6 Å². The Morgan fingerprint density at radius 3 is 2.38 bits per heavy atom. The van der Waals surface area contributed by atoms with Gasteiger partial charge in [-0.15, -0.1) is 0 Å². The van der Waals surface area contributed by atoms with Crippen LogP contribution in [-0.4, -0.2) is 9.78 Å². The van der Waals surface area contributed by atoms with Crippen molar-refractivity contribution in [3.63, 3.8) is 0 Å². The van der Waals surface area contributed by atoms with Gasteiger partial charge >= 0.3 is 0 Å². The van der Waals surface area contributed by atoms with E-state index in [1.54, 1.807) is 16.8 Å². The van der Waals surface area contributed by atoms with Crippen molar-refractivity contribution in [1.82, 2.24) is 9.78 Å². The molecule has 80 valence electrons. The van der Waals surface area contributed by atoms with Crippen molar-refractivity contribution < 1.29 is 0 Å². The molecule has 0 aliphatic carbocycles. The van der Waals surface area contributed by atoms with Crippen LogP contribution in [0.25, 0.3) is 11.3 Å². The lowest BCUT2D eigenvalue weighted by molar-refractivity contribution is 0.780. The Balaban J connectivity index is 2.55. The van der Waals surface area contributed by atoms with E-state index < -0.39 is 0 Å². The summed E-state index contributed by atoms with van der Waals surface area (Å²) in [6.07, 6.45) is 0. The van der Waals surface area contributed by atoms with Crippen LogP contribution in [0, 0.1) is 18.3 Å². The minimum atomic E-state index is 0.543. The molecule has 0 aliphatic rings. The Bertz CT molecular complexity index is 558. The zero-order chi connectivity index (χ0) is 11.7. The van der Waals surface area contributed by atoms with Crippen molar-refractivity contribution in [2.45, 2.75) is 6.92 Å². The van der Waals surface area contributed by atoms with Crippen LogP contribution < -0.4 is 5.73 Å². The zero-order valence-corrected chi connectivity index (χ0v) is 9.23. The van der Waals surface area contributed by atoms with Gasteiger partial charge in [0.15, 0.2) is 0 Å². The lowest BCUT2D eigenvalue weighted by Gasteiger charge is -2.03. The number of nitrogens with zero attached hydrogens (tertiary/aromatic N) is 3. The molecule has 4 nitrogen and oxygen atoms in total. The number of hydrogen-bond acceptors (Lipinski definition) is 3. The van der Waals surface area contributed by atoms with Gasteiger partial charge in [0.25, 0.3) is 0 Å². The van der Waals surface area contributed by atoms with Gasteiger partial charge in [-0.25, -0.2) is 0 Å². The standard InChI is InChI=1S/C12H12N4/c1-8-11(16(2)15-12(8)14)10-5-3-9(7-13)4-6-10/h3-6H,1-2H3,(H2,14,15). The summed E-state index contributed by atoms with van der Waals surface area (Å²) in [5.41, 5.74) is 9.37. The summed E-state index contributed by atoms with van der Waals surface area (Å²) in [7, 11) is 1.86. The molecule has 0 amide bonds. The van der Waals surface area contributed by atoms with Gasteiger partial charge in [-0.05, 0) is 19.1 Å². The highest BCUT2D eigenvalue weighted by Crippen LogP contribution is 2.26. The van der Waals surface area contributed by atoms with E-state index in [2.05, 4.69) is 11.2 Å². The largest absolute Gasteiger partial charge is 0.382 e. The quantitative estimate of drug-likeness (QED) is 0.784. The van der Waals surface area contributed by atoms with Crippen LogP contribution in [0.1, 0.15) is 11.1 Å². The molecule has 0 fully saturated rings. The van der Waals surface area contributed by atoms with E-state index in [1.807, 2.05) is 26.1 Å². The van der Waals surface area contributed by atoms with Crippen molar-refractivity contribution in [2.75, 3.05) is 5.73 Å². The van der Waals surface area contributed by atoms with Gasteiger partial charge in [0, 0.05) is 18.2 Å². The number of hydrogen-bond donors (Lipinski definition) is 1. The van der Waals surface area contributed by atoms with Crippen LogP contribution in [-0.2, 0) is 7.05 Å². The van der Waals surface area contributed by atoms with Crippen molar-refractivity contribution in [1.29, 1.82) is 5.26 Å². The summed E-state index contributed by atoms with van der Waals surface area (Å²) in [6, 6.07) is 9.48. The molecule has 4 heteroatoms. The molecule has 1 aromatic heterocycles. The van der Waals surface area contributed by atoms with Crippen molar-refractivity contribution in [3.8, 4) is 17.3 Å². The Morgan fingerprint density at radius 2 is 1.94 bits per heavy atom. The van der Waals surface area contributed by atoms with Gasteiger partial charge in [-0.3, -0.25) is 4.68 Å². The summed E-state index contributed by atoms with van der Waals surface area (Å²) in [5, 5.41) is 12.9. The van der Waals surface area contributed by atoms with Crippen LogP contribution in [0.4, 0.5) is 5.82 Å². The second-order valence-corrected chi connectivity index (χ2v) is 3.67. The highest BCUT2D eigenvalue weighted by atomic mass is 15.3. The van der Waals surface area contributed by atoms with Crippen LogP contribution in [0.5, 0.6) is 0 Å². The van der Waals surface area contributed by atoms with Gasteiger partial charge in [-0.2, -0.15) is 10.4 Å². The number of anilines is 1. The number of aromatic nitrogens is 2. The van der Waals surface area contributed by atoms with E-state index in [-0.39, 0.29) is 0 Å². The van der Waals surface area contributed by atoms with Crippen molar-refractivity contribution in [3.05, 3.63) is 35.4 Å². The number of nitrogens with two attached hydrogens (primary N) is 1. The minimum absolute atomic E-state index is 0.543. The maximum atomic E-state index is 8.72. The minimum Gasteiger partial charge on any atom is -0.382 e. The Kier molecular flexibility index (Phi) is 2.37. The average Bonchev–Trinajstić information content (AvgIpc) is 2.54. The predicted molar refractivity (Wildman–Crippen MR) is 62.5 cm³/mol. The number of benzene rings is 1. The number of nitriles is 1. The molecule has 0 aliphatic heterocycles. The van der Waals surface area contributed by atoms with Crippen molar-refractivity contribution in [2.24, 2.45) is 7.05 Å². The number of nitrogen functional groups attached to an aromatic ring is 1. The summed E-state index contributed by atoms with van der Waals surface area (Å²) in [5.74, 6) is 0.543. The predicted octanol–water partition coefficient (Wildman–Crippen LogP) is 1.85. The van der Waals surface area contributed by atoms with E-state index in [4.69, 9.17) is 11.0 Å². The Morgan fingerprint density at radius 1 is 1.31 bits per heavy atom. The first-order valence-corrected chi connectivity index (χ1v) is 4.93. The molecule has 0 saturated heterocycles. The molecule has 1 heterocycles. The molecule has 16 heavy (non-hydrogen) atoms. The highest BCUT2D eigenvalue weighted by Gasteiger charge is 2.11. The molecule has 0 saturated carbocycles. The molecule has 1 aromatic carbocycles. The monoisotopic (exact) mass is 212 g/mol. The zero-order valence-electron chi connectivity index (χ0n) is 9.23. The molecule has 0 unspecified atom stereocenters. The van der Waals surface area contributed by atoms with Gasteiger partial charge < -0.3 is 5.73 Å². The lowest BCUT2D eigenvalue weighted by atomic mass is 10.1. The van der Waals surface area contributed by atoms with E-state index in [0.29, 0.717) is 11.4 Å². The van der Waals surface area contributed by atoms with Gasteiger partial charge in [-0.1, -0.05) is 12.1 Å². The van der Waals surface area contributed by atoms with E-state index in [1.165, 1.54) is 0 Å². The van der Waals surface area contributed by atoms with Gasteiger partial charge in [0.2, 0.25) is 0 Å². The molecule has 0 atom stereocenters. The summed E-state index contributed by atoms with van der Waals surface area (Å²) in [6.45, 7) is 1.94. The molecule has 0 bridgehead atoms. The number of rotatable bonds is 1. The fourth-order valence-electron chi connectivity index (χ4n) is 1.76. The van der Waals surface area contributed by atoms with Gasteiger partial charge in [0.1, 0.15) is 5.82 Å². The lowest BCUT2D eigenvalue weighted by Crippen LogP contribution is -1.94. The molecule has 2 rings (SSSR count). The summed E-state index contributed by atoms with van der Waals surface area (Å²) in [4.78, 5) is 0. The Hall–Kier alpha value is -2.28. The average molecular weight is 212 g/mol. The van der Waals surface area contributed by atoms with Crippen LogP contribution in [0.15, 0.2) is 24.3 Å². The molecule has 0 radical (unpaired) electrons. The molecule has 2 aromatic rings. The first kappa shape index (κ1) is 10.2. The molecular formula is C12H12N4. The van der Waals surface area contributed by atoms with E-state index in [9.17, 15) is 0 Å².